The standard InChI is InChI=1S/C7H10N2O2S/c1-2-3-4-5(10)8-7(11)9-6(4)12/h2-3H2,1H3,(H3,8,9,10,11,12). The fraction of sp³-hybridized carbons (Fsp3) is 0.429. The predicted molar refractivity (Wildman–Crippen MR) is 48.9 cm³/mol. The van der Waals surface area contributed by atoms with E-state index in [2.05, 4.69) is 22.6 Å². The lowest BCUT2D eigenvalue weighted by Gasteiger charge is -1.99. The molecule has 0 spiro atoms. The third-order valence-corrected chi connectivity index (χ3v) is 1.90. The maximum Gasteiger partial charge on any atom is 0.326 e. The zero-order valence-electron chi connectivity index (χ0n) is 6.68. The lowest BCUT2D eigenvalue weighted by atomic mass is 10.2. The van der Waals surface area contributed by atoms with E-state index in [4.69, 9.17) is 0 Å². The molecule has 0 saturated heterocycles. The van der Waals surface area contributed by atoms with Crippen molar-refractivity contribution in [2.24, 2.45) is 0 Å². The van der Waals surface area contributed by atoms with Crippen molar-refractivity contribution in [1.29, 1.82) is 0 Å². The van der Waals surface area contributed by atoms with Gasteiger partial charge < -0.3 is 4.98 Å². The maximum atomic E-state index is 11.1. The van der Waals surface area contributed by atoms with Crippen LogP contribution < -0.4 is 11.2 Å². The fourth-order valence-electron chi connectivity index (χ4n) is 0.982. The van der Waals surface area contributed by atoms with Gasteiger partial charge >= 0.3 is 5.69 Å². The first-order chi connectivity index (χ1) is 5.65. The van der Waals surface area contributed by atoms with Gasteiger partial charge in [-0.3, -0.25) is 9.78 Å². The predicted octanol–water partition coefficient (Wildman–Crippen LogP) is 0.304. The number of nitrogens with one attached hydrogen (secondary N) is 2. The second-order valence-electron chi connectivity index (χ2n) is 2.49. The smallest absolute Gasteiger partial charge is 0.302 e. The van der Waals surface area contributed by atoms with Crippen molar-refractivity contribution < 1.29 is 0 Å². The maximum absolute atomic E-state index is 11.1. The summed E-state index contributed by atoms with van der Waals surface area (Å²) in [4.78, 5) is 26.4. The molecule has 0 saturated carbocycles. The summed E-state index contributed by atoms with van der Waals surface area (Å²) in [6, 6.07) is 0. The van der Waals surface area contributed by atoms with Crippen LogP contribution in [0.2, 0.25) is 0 Å². The molecule has 0 aliphatic heterocycles. The van der Waals surface area contributed by atoms with E-state index in [1.54, 1.807) is 0 Å². The van der Waals surface area contributed by atoms with Gasteiger partial charge in [0, 0.05) is 5.56 Å². The van der Waals surface area contributed by atoms with E-state index in [0.29, 0.717) is 17.0 Å². The van der Waals surface area contributed by atoms with E-state index in [1.165, 1.54) is 0 Å². The summed E-state index contributed by atoms with van der Waals surface area (Å²) in [6.45, 7) is 1.96. The largest absolute Gasteiger partial charge is 0.326 e. The van der Waals surface area contributed by atoms with Gasteiger partial charge in [0.15, 0.2) is 0 Å². The van der Waals surface area contributed by atoms with E-state index in [9.17, 15) is 9.59 Å². The number of thiol groups is 1. The van der Waals surface area contributed by atoms with Crippen LogP contribution in [0.5, 0.6) is 0 Å². The molecule has 0 atom stereocenters. The third-order valence-electron chi connectivity index (χ3n) is 1.52. The number of aromatic amines is 2. The van der Waals surface area contributed by atoms with Crippen molar-refractivity contribution in [1.82, 2.24) is 9.97 Å². The van der Waals surface area contributed by atoms with E-state index in [0.717, 1.165) is 6.42 Å². The monoisotopic (exact) mass is 186 g/mol. The number of H-pyrrole nitrogens is 2. The Hall–Kier alpha value is -0.970. The molecule has 1 aromatic heterocycles. The topological polar surface area (TPSA) is 65.7 Å². The first kappa shape index (κ1) is 9.12. The molecule has 0 bridgehead atoms. The Morgan fingerprint density at radius 3 is 2.50 bits per heavy atom. The fourth-order valence-corrected chi connectivity index (χ4v) is 1.30. The lowest BCUT2D eigenvalue weighted by molar-refractivity contribution is 0.821. The van der Waals surface area contributed by atoms with Crippen molar-refractivity contribution in [3.63, 3.8) is 0 Å². The molecule has 0 aliphatic carbocycles. The Labute approximate surface area is 74.4 Å². The average Bonchev–Trinajstić information content (AvgIpc) is 1.96. The second-order valence-corrected chi connectivity index (χ2v) is 2.93. The summed E-state index contributed by atoms with van der Waals surface area (Å²) in [7, 11) is 0. The van der Waals surface area contributed by atoms with Crippen LogP contribution in [0.4, 0.5) is 0 Å². The van der Waals surface area contributed by atoms with Crippen molar-refractivity contribution in [2.75, 3.05) is 0 Å². The molecule has 2 N–H and O–H groups in total. The Balaban J connectivity index is 3.29. The summed E-state index contributed by atoms with van der Waals surface area (Å²) >= 11 is 4.00. The third kappa shape index (κ3) is 1.79. The summed E-state index contributed by atoms with van der Waals surface area (Å²) in [5, 5.41) is 0.366. The average molecular weight is 186 g/mol. The van der Waals surface area contributed by atoms with E-state index >= 15 is 0 Å². The second kappa shape index (κ2) is 3.62. The highest BCUT2D eigenvalue weighted by Crippen LogP contribution is 2.04. The molecule has 0 fully saturated rings. The van der Waals surface area contributed by atoms with Gasteiger partial charge in [0.25, 0.3) is 5.56 Å². The van der Waals surface area contributed by atoms with Crippen molar-refractivity contribution >= 4 is 12.6 Å². The Morgan fingerprint density at radius 2 is 2.00 bits per heavy atom. The number of rotatable bonds is 2. The van der Waals surface area contributed by atoms with Gasteiger partial charge in [-0.2, -0.15) is 0 Å². The van der Waals surface area contributed by atoms with Gasteiger partial charge in [-0.1, -0.05) is 13.3 Å². The molecule has 0 unspecified atom stereocenters. The number of hydrogen-bond acceptors (Lipinski definition) is 3. The SMILES string of the molecule is CCCc1c(S)[nH]c(=O)[nH]c1=O. The highest BCUT2D eigenvalue weighted by atomic mass is 32.1. The van der Waals surface area contributed by atoms with E-state index in [1.807, 2.05) is 6.92 Å². The van der Waals surface area contributed by atoms with Gasteiger partial charge in [-0.15, -0.1) is 12.6 Å². The summed E-state index contributed by atoms with van der Waals surface area (Å²) < 4.78 is 0. The zero-order valence-corrected chi connectivity index (χ0v) is 7.57. The van der Waals surface area contributed by atoms with Gasteiger partial charge in [-0.25, -0.2) is 4.79 Å². The molecule has 0 aliphatic rings. The molecule has 1 heterocycles. The minimum Gasteiger partial charge on any atom is -0.302 e. The van der Waals surface area contributed by atoms with Gasteiger partial charge in [-0.05, 0) is 6.42 Å². The number of aromatic nitrogens is 2. The van der Waals surface area contributed by atoms with Crippen LogP contribution >= 0.6 is 12.6 Å². The molecule has 0 amide bonds. The van der Waals surface area contributed by atoms with Crippen LogP contribution in [0.15, 0.2) is 14.6 Å². The molecular formula is C7H10N2O2S. The molecule has 12 heavy (non-hydrogen) atoms. The van der Waals surface area contributed by atoms with Crippen LogP contribution in [0.3, 0.4) is 0 Å². The van der Waals surface area contributed by atoms with Crippen molar-refractivity contribution in [3.8, 4) is 0 Å². The summed E-state index contributed by atoms with van der Waals surface area (Å²) in [5.41, 5.74) is -0.309. The van der Waals surface area contributed by atoms with Gasteiger partial charge in [0.1, 0.15) is 0 Å². The number of hydrogen-bond donors (Lipinski definition) is 3. The minimum atomic E-state index is -0.509. The van der Waals surface area contributed by atoms with E-state index in [-0.39, 0.29) is 5.56 Å². The molecular weight excluding hydrogens is 176 g/mol. The van der Waals surface area contributed by atoms with Crippen molar-refractivity contribution in [3.05, 3.63) is 26.4 Å². The van der Waals surface area contributed by atoms with Crippen LogP contribution in [-0.2, 0) is 6.42 Å². The normalized spacial score (nSPS) is 10.2. The molecule has 0 aromatic carbocycles. The molecule has 5 heteroatoms. The first-order valence-corrected chi connectivity index (χ1v) is 4.14. The Kier molecular flexibility index (Phi) is 2.75. The van der Waals surface area contributed by atoms with Crippen LogP contribution in [0.1, 0.15) is 18.9 Å². The minimum absolute atomic E-state index is 0.342. The Bertz CT molecular complexity index is 380. The van der Waals surface area contributed by atoms with Gasteiger partial charge in [0.05, 0.1) is 5.03 Å². The zero-order chi connectivity index (χ0) is 9.14. The summed E-state index contributed by atoms with van der Waals surface area (Å²) in [6.07, 6.45) is 1.48. The molecule has 1 rings (SSSR count). The quantitative estimate of drug-likeness (QED) is 0.459. The lowest BCUT2D eigenvalue weighted by Crippen LogP contribution is -2.25. The van der Waals surface area contributed by atoms with Gasteiger partial charge in [0.2, 0.25) is 0 Å². The molecule has 4 nitrogen and oxygen atoms in total. The van der Waals surface area contributed by atoms with Crippen LogP contribution in [0.25, 0.3) is 0 Å². The highest BCUT2D eigenvalue weighted by molar-refractivity contribution is 7.80. The van der Waals surface area contributed by atoms with Crippen LogP contribution in [-0.4, -0.2) is 9.97 Å². The summed E-state index contributed by atoms with van der Waals surface area (Å²) in [5.74, 6) is 0. The first-order valence-electron chi connectivity index (χ1n) is 3.69. The van der Waals surface area contributed by atoms with Crippen LogP contribution in [0, 0.1) is 0 Å². The molecule has 0 radical (unpaired) electrons. The van der Waals surface area contributed by atoms with E-state index < -0.39 is 5.69 Å². The highest BCUT2D eigenvalue weighted by Gasteiger charge is 2.03. The molecule has 66 valence electrons. The Morgan fingerprint density at radius 1 is 1.33 bits per heavy atom. The van der Waals surface area contributed by atoms with Crippen molar-refractivity contribution in [2.45, 2.75) is 24.8 Å². The molecule has 1 aromatic rings.